The largest absolute Gasteiger partial charge is 0.508 e. The molecular weight excluding hydrogens is 268 g/mol. The van der Waals surface area contributed by atoms with Crippen LogP contribution in [0.3, 0.4) is 0 Å². The minimum Gasteiger partial charge on any atom is -0.508 e. The molecule has 0 spiro atoms. The molecule has 2 rings (SSSR count). The van der Waals surface area contributed by atoms with E-state index in [0.29, 0.717) is 11.3 Å². The lowest BCUT2D eigenvalue weighted by atomic mass is 10.2. The monoisotopic (exact) mass is 280 g/mol. The maximum absolute atomic E-state index is 12.1. The predicted octanol–water partition coefficient (Wildman–Crippen LogP) is 1.19. The van der Waals surface area contributed by atoms with Gasteiger partial charge in [-0.15, -0.1) is 0 Å². The van der Waals surface area contributed by atoms with Crippen LogP contribution < -0.4 is 10.2 Å². The van der Waals surface area contributed by atoms with Crippen LogP contribution in [0.25, 0.3) is 0 Å². The molecule has 3 N–H and O–H groups in total. The topological polar surface area (TPSA) is 99.3 Å². The molecule has 2 aromatic rings. The zero-order valence-corrected chi connectivity index (χ0v) is 10.9. The fourth-order valence-electron chi connectivity index (χ4n) is 1.57. The Kier molecular flexibility index (Phi) is 3.30. The van der Waals surface area contributed by atoms with E-state index in [-0.39, 0.29) is 10.6 Å². The first-order valence-electron chi connectivity index (χ1n) is 5.40. The number of hydrogen-bond acceptors (Lipinski definition) is 4. The van der Waals surface area contributed by atoms with E-state index in [9.17, 15) is 18.3 Å². The van der Waals surface area contributed by atoms with Gasteiger partial charge in [0.15, 0.2) is 4.90 Å². The summed E-state index contributed by atoms with van der Waals surface area (Å²) in [4.78, 5) is 13.7. The maximum Gasteiger partial charge on any atom is 0.267 e. The summed E-state index contributed by atoms with van der Waals surface area (Å²) in [6.07, 6.45) is 2.48. The molecule has 1 aromatic heterocycles. The molecule has 6 nitrogen and oxygen atoms in total. The summed E-state index contributed by atoms with van der Waals surface area (Å²) in [5, 5.41) is 9.26. The third-order valence-electron chi connectivity index (χ3n) is 2.53. The van der Waals surface area contributed by atoms with E-state index in [1.807, 2.05) is 0 Å². The number of rotatable bonds is 3. The van der Waals surface area contributed by atoms with E-state index in [1.165, 1.54) is 24.4 Å². The number of aromatic hydroxyl groups is 1. The number of phenolic OH excluding ortho intramolecular Hbond substituents is 1. The molecule has 1 aromatic carbocycles. The fourth-order valence-corrected chi connectivity index (χ4v) is 2.76. The Morgan fingerprint density at radius 1 is 1.26 bits per heavy atom. The van der Waals surface area contributed by atoms with Gasteiger partial charge in [0.25, 0.3) is 10.0 Å². The molecule has 0 aliphatic heterocycles. The van der Waals surface area contributed by atoms with Crippen molar-refractivity contribution in [3.05, 3.63) is 52.4 Å². The van der Waals surface area contributed by atoms with Crippen LogP contribution in [-0.2, 0) is 10.0 Å². The molecule has 0 aliphatic carbocycles. The molecule has 100 valence electrons. The molecule has 0 saturated carbocycles. The summed E-state index contributed by atoms with van der Waals surface area (Å²) in [5.74, 6) is 0.0398. The third-order valence-corrected chi connectivity index (χ3v) is 3.92. The quantitative estimate of drug-likeness (QED) is 0.735. The highest BCUT2D eigenvalue weighted by atomic mass is 32.2. The number of benzene rings is 1. The number of aromatic amines is 1. The average molecular weight is 280 g/mol. The van der Waals surface area contributed by atoms with Crippen LogP contribution in [0, 0.1) is 6.92 Å². The van der Waals surface area contributed by atoms with Crippen molar-refractivity contribution in [1.29, 1.82) is 0 Å². The maximum atomic E-state index is 12.1. The lowest BCUT2D eigenvalue weighted by Crippen LogP contribution is -2.21. The van der Waals surface area contributed by atoms with Gasteiger partial charge in [-0.1, -0.05) is 0 Å². The zero-order valence-electron chi connectivity index (χ0n) is 10.0. The predicted molar refractivity (Wildman–Crippen MR) is 70.7 cm³/mol. The molecule has 0 fully saturated rings. The minimum absolute atomic E-state index is 0.0398. The summed E-state index contributed by atoms with van der Waals surface area (Å²) in [6, 6.07) is 5.35. The third kappa shape index (κ3) is 2.76. The second-order valence-corrected chi connectivity index (χ2v) is 5.63. The molecule has 1 heterocycles. The number of hydrogen-bond donors (Lipinski definition) is 3. The van der Waals surface area contributed by atoms with E-state index < -0.39 is 15.5 Å². The Labute approximate surface area is 109 Å². The number of sulfonamides is 1. The smallest absolute Gasteiger partial charge is 0.267 e. The van der Waals surface area contributed by atoms with E-state index in [2.05, 4.69) is 9.71 Å². The van der Waals surface area contributed by atoms with Gasteiger partial charge < -0.3 is 10.1 Å². The summed E-state index contributed by atoms with van der Waals surface area (Å²) >= 11 is 0. The number of aryl methyl sites for hydroxylation is 1. The lowest BCUT2D eigenvalue weighted by Gasteiger charge is -2.10. The molecule has 0 aliphatic rings. The first-order valence-corrected chi connectivity index (χ1v) is 6.88. The lowest BCUT2D eigenvalue weighted by molar-refractivity contribution is 0.475. The Hall–Kier alpha value is -2.28. The molecule has 0 saturated heterocycles. The number of pyridine rings is 1. The molecule has 0 amide bonds. The molecule has 0 bridgehead atoms. The van der Waals surface area contributed by atoms with Crippen molar-refractivity contribution < 1.29 is 13.5 Å². The molecule has 19 heavy (non-hydrogen) atoms. The van der Waals surface area contributed by atoms with Gasteiger partial charge >= 0.3 is 0 Å². The van der Waals surface area contributed by atoms with Crippen molar-refractivity contribution in [2.45, 2.75) is 11.8 Å². The van der Waals surface area contributed by atoms with Crippen LogP contribution in [0.1, 0.15) is 5.56 Å². The second kappa shape index (κ2) is 4.77. The van der Waals surface area contributed by atoms with Crippen LogP contribution >= 0.6 is 0 Å². The minimum atomic E-state index is -3.95. The van der Waals surface area contributed by atoms with Crippen LogP contribution in [0.5, 0.6) is 5.75 Å². The van der Waals surface area contributed by atoms with Gasteiger partial charge in [-0.05, 0) is 30.7 Å². The Balaban J connectivity index is 2.43. The van der Waals surface area contributed by atoms with Gasteiger partial charge in [0.05, 0.1) is 5.69 Å². The second-order valence-electron chi connectivity index (χ2n) is 3.98. The molecule has 7 heteroatoms. The first kappa shape index (κ1) is 13.2. The van der Waals surface area contributed by atoms with E-state index in [1.54, 1.807) is 6.92 Å². The number of aromatic nitrogens is 1. The molecule has 0 atom stereocenters. The average Bonchev–Trinajstić information content (AvgIpc) is 2.33. The fraction of sp³-hybridized carbons (Fsp3) is 0.0833. The van der Waals surface area contributed by atoms with Gasteiger partial charge in [0, 0.05) is 18.5 Å². The summed E-state index contributed by atoms with van der Waals surface area (Å²) in [6.45, 7) is 1.65. The highest BCUT2D eigenvalue weighted by Crippen LogP contribution is 2.22. The first-order chi connectivity index (χ1) is 8.90. The summed E-state index contributed by atoms with van der Waals surface area (Å²) in [5.41, 5.74) is 0.264. The highest BCUT2D eigenvalue weighted by molar-refractivity contribution is 7.92. The van der Waals surface area contributed by atoms with Crippen molar-refractivity contribution in [3.8, 4) is 5.75 Å². The highest BCUT2D eigenvalue weighted by Gasteiger charge is 2.18. The van der Waals surface area contributed by atoms with E-state index in [0.717, 1.165) is 12.3 Å². The number of nitrogens with one attached hydrogen (secondary N) is 2. The Morgan fingerprint density at radius 3 is 2.63 bits per heavy atom. The van der Waals surface area contributed by atoms with Gasteiger partial charge in [0.2, 0.25) is 5.43 Å². The van der Waals surface area contributed by atoms with Crippen molar-refractivity contribution in [2.24, 2.45) is 0 Å². The van der Waals surface area contributed by atoms with Crippen molar-refractivity contribution in [3.63, 3.8) is 0 Å². The molecular formula is C12H12N2O4S. The Morgan fingerprint density at radius 2 is 2.00 bits per heavy atom. The van der Waals surface area contributed by atoms with Crippen LogP contribution in [0.2, 0.25) is 0 Å². The van der Waals surface area contributed by atoms with Gasteiger partial charge in [0.1, 0.15) is 5.75 Å². The van der Waals surface area contributed by atoms with Crippen LogP contribution in [-0.4, -0.2) is 18.5 Å². The van der Waals surface area contributed by atoms with Gasteiger partial charge in [-0.2, -0.15) is 0 Å². The van der Waals surface area contributed by atoms with Crippen molar-refractivity contribution in [2.75, 3.05) is 4.72 Å². The van der Waals surface area contributed by atoms with Gasteiger partial charge in [-0.25, -0.2) is 8.42 Å². The van der Waals surface area contributed by atoms with E-state index >= 15 is 0 Å². The summed E-state index contributed by atoms with van der Waals surface area (Å²) in [7, 11) is -3.95. The van der Waals surface area contributed by atoms with Crippen molar-refractivity contribution >= 4 is 15.7 Å². The van der Waals surface area contributed by atoms with Crippen LogP contribution in [0.4, 0.5) is 5.69 Å². The van der Waals surface area contributed by atoms with Crippen molar-refractivity contribution in [1.82, 2.24) is 4.98 Å². The normalized spacial score (nSPS) is 11.2. The number of phenols is 1. The summed E-state index contributed by atoms with van der Waals surface area (Å²) < 4.78 is 26.4. The van der Waals surface area contributed by atoms with E-state index in [4.69, 9.17) is 0 Å². The van der Waals surface area contributed by atoms with Gasteiger partial charge in [-0.3, -0.25) is 9.52 Å². The number of anilines is 1. The van der Waals surface area contributed by atoms with Crippen LogP contribution in [0.15, 0.2) is 46.3 Å². The molecule has 0 radical (unpaired) electrons. The number of H-pyrrole nitrogens is 1. The molecule has 0 unspecified atom stereocenters. The SMILES string of the molecule is Cc1cc(O)ccc1NS(=O)(=O)c1c[nH]ccc1=O. The zero-order chi connectivity index (χ0) is 14.0. The standard InChI is InChI=1S/C12H12N2O4S/c1-8-6-9(15)2-3-10(8)14-19(17,18)12-7-13-5-4-11(12)16/h2-7,14-15H,1H3,(H,13,16). The Bertz CT molecular complexity index is 765.